The van der Waals surface area contributed by atoms with E-state index in [1.165, 1.54) is 12.8 Å². The van der Waals surface area contributed by atoms with Crippen LogP contribution in [0.5, 0.6) is 5.75 Å². The number of phenolic OH excluding ortho intramolecular Hbond substituents is 1. The fourth-order valence-corrected chi connectivity index (χ4v) is 2.04. The first-order valence-corrected chi connectivity index (χ1v) is 5.96. The Morgan fingerprint density at radius 3 is 2.88 bits per heavy atom. The number of rotatable bonds is 4. The number of hydrogen-bond donors (Lipinski definition) is 2. The minimum atomic E-state index is -0.178. The van der Waals surface area contributed by atoms with E-state index in [9.17, 15) is 9.90 Å². The van der Waals surface area contributed by atoms with Gasteiger partial charge in [-0.3, -0.25) is 9.63 Å². The third-order valence-corrected chi connectivity index (χ3v) is 2.92. The summed E-state index contributed by atoms with van der Waals surface area (Å²) in [6, 6.07) is 6.68. The van der Waals surface area contributed by atoms with Gasteiger partial charge in [0.25, 0.3) is 0 Å². The number of benzene rings is 1. The van der Waals surface area contributed by atoms with E-state index in [1.54, 1.807) is 24.3 Å². The maximum Gasteiger partial charge on any atom is 0.247 e. The number of nitrogens with one attached hydrogen (secondary N) is 1. The second kappa shape index (κ2) is 5.68. The van der Waals surface area contributed by atoms with Crippen molar-refractivity contribution in [1.82, 2.24) is 5.48 Å². The standard InChI is InChI=1S/C13H17NO3/c15-11-5-3-4-10(8-11)9-13(16)14-17-12-6-1-2-7-12/h3-5,8,12,15H,1-2,6-7,9H2,(H,14,16). The fraction of sp³-hybridized carbons (Fsp3) is 0.462. The van der Waals surface area contributed by atoms with Crippen molar-refractivity contribution >= 4 is 5.91 Å². The Hall–Kier alpha value is -1.55. The molecule has 0 saturated heterocycles. The summed E-state index contributed by atoms with van der Waals surface area (Å²) in [6.45, 7) is 0. The summed E-state index contributed by atoms with van der Waals surface area (Å²) in [6.07, 6.45) is 4.78. The summed E-state index contributed by atoms with van der Waals surface area (Å²) in [5.41, 5.74) is 3.25. The average molecular weight is 235 g/mol. The maximum absolute atomic E-state index is 11.6. The van der Waals surface area contributed by atoms with Gasteiger partial charge in [-0.05, 0) is 30.5 Å². The van der Waals surface area contributed by atoms with Gasteiger partial charge in [-0.15, -0.1) is 0 Å². The summed E-state index contributed by atoms with van der Waals surface area (Å²) in [5.74, 6) is -0.00508. The number of aromatic hydroxyl groups is 1. The van der Waals surface area contributed by atoms with Crippen molar-refractivity contribution in [2.24, 2.45) is 0 Å². The second-order valence-corrected chi connectivity index (χ2v) is 4.40. The molecule has 17 heavy (non-hydrogen) atoms. The molecule has 0 unspecified atom stereocenters. The molecule has 2 rings (SSSR count). The van der Waals surface area contributed by atoms with E-state index in [2.05, 4.69) is 5.48 Å². The number of carbonyl (C=O) groups is 1. The predicted molar refractivity (Wildman–Crippen MR) is 63.3 cm³/mol. The number of hydroxylamine groups is 1. The van der Waals surface area contributed by atoms with E-state index in [1.807, 2.05) is 0 Å². The molecule has 2 N–H and O–H groups in total. The van der Waals surface area contributed by atoms with Gasteiger partial charge >= 0.3 is 0 Å². The van der Waals surface area contributed by atoms with Crippen LogP contribution in [0.15, 0.2) is 24.3 Å². The summed E-state index contributed by atoms with van der Waals surface area (Å²) in [7, 11) is 0. The molecule has 1 saturated carbocycles. The zero-order chi connectivity index (χ0) is 12.1. The lowest BCUT2D eigenvalue weighted by atomic mass is 10.1. The first-order valence-electron chi connectivity index (χ1n) is 5.96. The third kappa shape index (κ3) is 3.75. The summed E-state index contributed by atoms with van der Waals surface area (Å²) < 4.78 is 0. The van der Waals surface area contributed by atoms with Crippen LogP contribution in [0.3, 0.4) is 0 Å². The first kappa shape index (κ1) is 11.9. The van der Waals surface area contributed by atoms with E-state index in [0.29, 0.717) is 0 Å². The predicted octanol–water partition coefficient (Wildman–Crippen LogP) is 1.93. The van der Waals surface area contributed by atoms with Gasteiger partial charge in [-0.2, -0.15) is 0 Å². The molecular formula is C13H17NO3. The van der Waals surface area contributed by atoms with E-state index >= 15 is 0 Å². The van der Waals surface area contributed by atoms with Crippen molar-refractivity contribution in [2.45, 2.75) is 38.2 Å². The van der Waals surface area contributed by atoms with Crippen LogP contribution >= 0.6 is 0 Å². The molecule has 1 aromatic rings. The van der Waals surface area contributed by atoms with Crippen LogP contribution in [0, 0.1) is 0 Å². The lowest BCUT2D eigenvalue weighted by Crippen LogP contribution is -2.29. The minimum absolute atomic E-state index is 0.170. The Labute approximate surface area is 101 Å². The van der Waals surface area contributed by atoms with Crippen molar-refractivity contribution in [1.29, 1.82) is 0 Å². The van der Waals surface area contributed by atoms with Crippen molar-refractivity contribution in [3.63, 3.8) is 0 Å². The Bertz CT molecular complexity index is 386. The smallest absolute Gasteiger partial charge is 0.247 e. The van der Waals surface area contributed by atoms with Gasteiger partial charge in [-0.1, -0.05) is 25.0 Å². The van der Waals surface area contributed by atoms with Crippen molar-refractivity contribution in [2.75, 3.05) is 0 Å². The lowest BCUT2D eigenvalue weighted by Gasteiger charge is -2.11. The highest BCUT2D eigenvalue weighted by Gasteiger charge is 2.16. The summed E-state index contributed by atoms with van der Waals surface area (Å²) >= 11 is 0. The highest BCUT2D eigenvalue weighted by atomic mass is 16.7. The van der Waals surface area contributed by atoms with Gasteiger partial charge in [0.1, 0.15) is 5.75 Å². The van der Waals surface area contributed by atoms with Gasteiger partial charge in [0.15, 0.2) is 0 Å². The van der Waals surface area contributed by atoms with E-state index in [-0.39, 0.29) is 24.2 Å². The van der Waals surface area contributed by atoms with Crippen LogP contribution in [0.1, 0.15) is 31.2 Å². The van der Waals surface area contributed by atoms with Crippen LogP contribution in [0.4, 0.5) is 0 Å². The molecule has 1 aliphatic rings. The van der Waals surface area contributed by atoms with Crippen LogP contribution in [-0.2, 0) is 16.1 Å². The van der Waals surface area contributed by atoms with Crippen LogP contribution in [0.25, 0.3) is 0 Å². The van der Waals surface area contributed by atoms with Crippen LogP contribution in [0.2, 0.25) is 0 Å². The van der Waals surface area contributed by atoms with Gasteiger partial charge in [0, 0.05) is 0 Å². The minimum Gasteiger partial charge on any atom is -0.508 e. The van der Waals surface area contributed by atoms with E-state index in [0.717, 1.165) is 18.4 Å². The van der Waals surface area contributed by atoms with Crippen LogP contribution < -0.4 is 5.48 Å². The normalized spacial score (nSPS) is 16.0. The first-order chi connectivity index (χ1) is 8.24. The molecule has 4 nitrogen and oxygen atoms in total. The topological polar surface area (TPSA) is 58.6 Å². The molecule has 1 aliphatic carbocycles. The van der Waals surface area contributed by atoms with Crippen molar-refractivity contribution < 1.29 is 14.7 Å². The van der Waals surface area contributed by atoms with Gasteiger partial charge in [-0.25, -0.2) is 5.48 Å². The molecule has 0 aliphatic heterocycles. The molecule has 0 atom stereocenters. The highest BCUT2D eigenvalue weighted by Crippen LogP contribution is 2.19. The van der Waals surface area contributed by atoms with E-state index < -0.39 is 0 Å². The Morgan fingerprint density at radius 2 is 2.18 bits per heavy atom. The molecular weight excluding hydrogens is 218 g/mol. The molecule has 92 valence electrons. The number of amides is 1. The van der Waals surface area contributed by atoms with Gasteiger partial charge in [0.05, 0.1) is 12.5 Å². The summed E-state index contributed by atoms with van der Waals surface area (Å²) in [5, 5.41) is 9.27. The molecule has 0 radical (unpaired) electrons. The van der Waals surface area contributed by atoms with E-state index in [4.69, 9.17) is 4.84 Å². The zero-order valence-corrected chi connectivity index (χ0v) is 9.69. The zero-order valence-electron chi connectivity index (χ0n) is 9.69. The molecule has 1 amide bonds. The molecule has 0 spiro atoms. The highest BCUT2D eigenvalue weighted by molar-refractivity contribution is 5.77. The number of carbonyl (C=O) groups excluding carboxylic acids is 1. The molecule has 4 heteroatoms. The van der Waals surface area contributed by atoms with Crippen LogP contribution in [-0.4, -0.2) is 17.1 Å². The Morgan fingerprint density at radius 1 is 1.41 bits per heavy atom. The molecule has 0 heterocycles. The molecule has 1 fully saturated rings. The number of hydrogen-bond acceptors (Lipinski definition) is 3. The van der Waals surface area contributed by atoms with Gasteiger partial charge in [0.2, 0.25) is 5.91 Å². The molecule has 0 bridgehead atoms. The molecule has 0 aromatic heterocycles. The Kier molecular flexibility index (Phi) is 3.98. The third-order valence-electron chi connectivity index (χ3n) is 2.92. The maximum atomic E-state index is 11.6. The lowest BCUT2D eigenvalue weighted by molar-refractivity contribution is -0.137. The Balaban J connectivity index is 1.76. The summed E-state index contributed by atoms with van der Waals surface area (Å²) in [4.78, 5) is 16.9. The number of phenols is 1. The monoisotopic (exact) mass is 235 g/mol. The van der Waals surface area contributed by atoms with Gasteiger partial charge < -0.3 is 5.11 Å². The fourth-order valence-electron chi connectivity index (χ4n) is 2.04. The average Bonchev–Trinajstić information content (AvgIpc) is 2.79. The SMILES string of the molecule is O=C(Cc1cccc(O)c1)NOC1CCCC1. The van der Waals surface area contributed by atoms with Crippen molar-refractivity contribution in [3.05, 3.63) is 29.8 Å². The van der Waals surface area contributed by atoms with Crippen molar-refractivity contribution in [3.8, 4) is 5.75 Å². The second-order valence-electron chi connectivity index (χ2n) is 4.40. The molecule has 1 aromatic carbocycles. The quantitative estimate of drug-likeness (QED) is 0.784. The largest absolute Gasteiger partial charge is 0.508 e.